The zero-order valence-corrected chi connectivity index (χ0v) is 24.6. The zero-order valence-electron chi connectivity index (χ0n) is 22.9. The summed E-state index contributed by atoms with van der Waals surface area (Å²) in [5.74, 6) is 0.660. The minimum atomic E-state index is -0.456. The van der Waals surface area contributed by atoms with Gasteiger partial charge in [-0.25, -0.2) is 9.48 Å². The number of thioether (sulfide) groups is 1. The Morgan fingerprint density at radius 2 is 1.93 bits per heavy atom. The minimum absolute atomic E-state index is 0.167. The standard InChI is InChI=1S/C31H31N3O5S2/c1-3-38-28(35)14-9-17-33-30(36)27(41-31(33)40)19-22-20-34(23-10-5-4-6-11-23)32-29(22)21-15-16-25(37-2)26(18-21)39-24-12-7-8-13-24/h4-6,9-11,14-16,18-20,24H,3,7-8,12-13,17H2,1-2H3/b14-9-,27-19?. The van der Waals surface area contributed by atoms with Gasteiger partial charge in [-0.1, -0.05) is 48.3 Å². The van der Waals surface area contributed by atoms with Crippen LogP contribution in [-0.2, 0) is 14.3 Å². The Kier molecular flexibility index (Phi) is 9.21. The number of aromatic nitrogens is 2. The average molecular weight is 590 g/mol. The van der Waals surface area contributed by atoms with Crippen LogP contribution in [0.25, 0.3) is 23.0 Å². The third-order valence-corrected chi connectivity index (χ3v) is 8.16. The molecule has 0 atom stereocenters. The summed E-state index contributed by atoms with van der Waals surface area (Å²) >= 11 is 6.71. The first-order valence-electron chi connectivity index (χ1n) is 13.6. The molecule has 0 bridgehead atoms. The van der Waals surface area contributed by atoms with E-state index < -0.39 is 5.97 Å². The maximum atomic E-state index is 13.3. The van der Waals surface area contributed by atoms with Crippen LogP contribution in [0.3, 0.4) is 0 Å². The molecule has 41 heavy (non-hydrogen) atoms. The molecular weight excluding hydrogens is 558 g/mol. The number of carbonyl (C=O) groups excluding carboxylic acids is 2. The number of carbonyl (C=O) groups is 2. The SMILES string of the molecule is CCOC(=O)/C=C\CN1C(=O)C(=Cc2cn(-c3ccccc3)nc2-c2ccc(OC)c(OC3CCCC3)c2)SC1=S. The molecule has 1 aliphatic carbocycles. The summed E-state index contributed by atoms with van der Waals surface area (Å²) in [5, 5.41) is 4.92. The van der Waals surface area contributed by atoms with Gasteiger partial charge in [-0.05, 0) is 69.0 Å². The van der Waals surface area contributed by atoms with Gasteiger partial charge in [0.25, 0.3) is 5.91 Å². The molecule has 0 unspecified atom stereocenters. The molecule has 3 aromatic rings. The molecule has 2 heterocycles. The summed E-state index contributed by atoms with van der Waals surface area (Å²) in [5.41, 5.74) is 3.18. The highest BCUT2D eigenvalue weighted by Gasteiger charge is 2.32. The summed E-state index contributed by atoms with van der Waals surface area (Å²) in [7, 11) is 1.63. The van der Waals surface area contributed by atoms with E-state index in [0.717, 1.165) is 42.5 Å². The molecule has 212 valence electrons. The molecular formula is C31H31N3O5S2. The van der Waals surface area contributed by atoms with Crippen LogP contribution in [0.5, 0.6) is 11.5 Å². The Morgan fingerprint density at radius 3 is 2.66 bits per heavy atom. The van der Waals surface area contributed by atoms with Crippen molar-refractivity contribution in [1.82, 2.24) is 14.7 Å². The molecule has 0 radical (unpaired) electrons. The van der Waals surface area contributed by atoms with Crippen molar-refractivity contribution >= 4 is 46.3 Å². The molecule has 1 amide bonds. The second kappa shape index (κ2) is 13.2. The largest absolute Gasteiger partial charge is 0.493 e. The number of benzene rings is 2. The van der Waals surface area contributed by atoms with Gasteiger partial charge in [-0.15, -0.1) is 0 Å². The normalized spacial score (nSPS) is 16.7. The average Bonchev–Trinajstić information content (AvgIpc) is 3.71. The highest BCUT2D eigenvalue weighted by Crippen LogP contribution is 2.38. The number of esters is 1. The first kappa shape index (κ1) is 28.6. The summed E-state index contributed by atoms with van der Waals surface area (Å²) < 4.78 is 19.1. The summed E-state index contributed by atoms with van der Waals surface area (Å²) in [6, 6.07) is 15.6. The Morgan fingerprint density at radius 1 is 1.15 bits per heavy atom. The van der Waals surface area contributed by atoms with Gasteiger partial charge in [0.15, 0.2) is 11.5 Å². The number of nitrogens with zero attached hydrogens (tertiary/aromatic N) is 3. The van der Waals surface area contributed by atoms with Crippen molar-refractivity contribution in [3.63, 3.8) is 0 Å². The van der Waals surface area contributed by atoms with E-state index in [1.165, 1.54) is 22.7 Å². The molecule has 0 spiro atoms. The second-order valence-electron chi connectivity index (χ2n) is 9.55. The van der Waals surface area contributed by atoms with Gasteiger partial charge < -0.3 is 14.2 Å². The lowest BCUT2D eigenvalue weighted by atomic mass is 10.1. The Hall–Kier alpha value is -3.89. The molecule has 5 rings (SSSR count). The first-order chi connectivity index (χ1) is 20.0. The lowest BCUT2D eigenvalue weighted by Crippen LogP contribution is -2.28. The van der Waals surface area contributed by atoms with Gasteiger partial charge in [0.2, 0.25) is 0 Å². The van der Waals surface area contributed by atoms with E-state index in [-0.39, 0.29) is 25.2 Å². The molecule has 2 fully saturated rings. The van der Waals surface area contributed by atoms with E-state index in [9.17, 15) is 9.59 Å². The van der Waals surface area contributed by atoms with Gasteiger partial charge in [0.1, 0.15) is 10.0 Å². The van der Waals surface area contributed by atoms with Crippen molar-refractivity contribution in [3.05, 3.63) is 77.3 Å². The fraction of sp³-hybridized carbons (Fsp3) is 0.290. The van der Waals surface area contributed by atoms with E-state index in [2.05, 4.69) is 0 Å². The van der Waals surface area contributed by atoms with Crippen molar-refractivity contribution in [3.8, 4) is 28.4 Å². The highest BCUT2D eigenvalue weighted by molar-refractivity contribution is 8.26. The van der Waals surface area contributed by atoms with Crippen LogP contribution < -0.4 is 9.47 Å². The van der Waals surface area contributed by atoms with Gasteiger partial charge in [0.05, 0.1) is 30.4 Å². The summed E-state index contributed by atoms with van der Waals surface area (Å²) in [4.78, 5) is 26.9. The molecule has 2 aromatic carbocycles. The Balaban J connectivity index is 1.49. The zero-order chi connectivity index (χ0) is 28.8. The van der Waals surface area contributed by atoms with Crippen molar-refractivity contribution in [2.45, 2.75) is 38.7 Å². The maximum Gasteiger partial charge on any atom is 0.330 e. The Labute approximate surface area is 249 Å². The monoisotopic (exact) mass is 589 g/mol. The lowest BCUT2D eigenvalue weighted by Gasteiger charge is -2.16. The quantitative estimate of drug-likeness (QED) is 0.157. The number of thiocarbonyl (C=S) groups is 1. The molecule has 0 N–H and O–H groups in total. The minimum Gasteiger partial charge on any atom is -0.493 e. The van der Waals surface area contributed by atoms with E-state index in [1.54, 1.807) is 24.8 Å². The first-order valence-corrected chi connectivity index (χ1v) is 14.8. The number of amides is 1. The van der Waals surface area contributed by atoms with Crippen molar-refractivity contribution in [1.29, 1.82) is 0 Å². The predicted octanol–water partition coefficient (Wildman–Crippen LogP) is 6.19. The Bertz CT molecular complexity index is 1490. The number of hydrogen-bond acceptors (Lipinski definition) is 8. The fourth-order valence-corrected chi connectivity index (χ4v) is 6.04. The second-order valence-corrected chi connectivity index (χ2v) is 11.2. The molecule has 1 aliphatic heterocycles. The third-order valence-electron chi connectivity index (χ3n) is 6.78. The summed E-state index contributed by atoms with van der Waals surface area (Å²) in [6.45, 7) is 2.20. The maximum absolute atomic E-state index is 13.3. The number of para-hydroxylation sites is 1. The number of hydrogen-bond donors (Lipinski definition) is 0. The molecule has 8 nitrogen and oxygen atoms in total. The van der Waals surface area contributed by atoms with Crippen LogP contribution in [0.15, 0.2) is 71.8 Å². The van der Waals surface area contributed by atoms with Crippen molar-refractivity contribution in [2.75, 3.05) is 20.3 Å². The van der Waals surface area contributed by atoms with Crippen LogP contribution in [0.1, 0.15) is 38.2 Å². The number of ether oxygens (including phenoxy) is 3. The van der Waals surface area contributed by atoms with Crippen LogP contribution in [0, 0.1) is 0 Å². The molecule has 1 saturated heterocycles. The molecule has 1 aromatic heterocycles. The fourth-order valence-electron chi connectivity index (χ4n) is 4.78. The van der Waals surface area contributed by atoms with Crippen molar-refractivity contribution in [2.24, 2.45) is 0 Å². The highest BCUT2D eigenvalue weighted by atomic mass is 32.2. The number of methoxy groups -OCH3 is 1. The van der Waals surface area contributed by atoms with Gasteiger partial charge in [-0.3, -0.25) is 9.69 Å². The van der Waals surface area contributed by atoms with Gasteiger partial charge in [0, 0.05) is 29.9 Å². The predicted molar refractivity (Wildman–Crippen MR) is 164 cm³/mol. The molecule has 10 heteroatoms. The van der Waals surface area contributed by atoms with E-state index in [0.29, 0.717) is 26.4 Å². The summed E-state index contributed by atoms with van der Waals surface area (Å²) in [6.07, 6.45) is 11.1. The molecule has 2 aliphatic rings. The van der Waals surface area contributed by atoms with Crippen molar-refractivity contribution < 1.29 is 23.8 Å². The smallest absolute Gasteiger partial charge is 0.330 e. The van der Waals surface area contributed by atoms with Crippen LogP contribution >= 0.6 is 24.0 Å². The van der Waals surface area contributed by atoms with Gasteiger partial charge >= 0.3 is 5.97 Å². The van der Waals surface area contributed by atoms with E-state index in [4.69, 9.17) is 31.5 Å². The third kappa shape index (κ3) is 6.71. The van der Waals surface area contributed by atoms with Crippen LogP contribution in [0.4, 0.5) is 0 Å². The van der Waals surface area contributed by atoms with Gasteiger partial charge in [-0.2, -0.15) is 5.10 Å². The lowest BCUT2D eigenvalue weighted by molar-refractivity contribution is -0.137. The number of rotatable bonds is 10. The van der Waals surface area contributed by atoms with E-state index >= 15 is 0 Å². The molecule has 1 saturated carbocycles. The van der Waals surface area contributed by atoms with E-state index in [1.807, 2.05) is 60.8 Å². The topological polar surface area (TPSA) is 82.9 Å². The van der Waals surface area contributed by atoms with Crippen LogP contribution in [0.2, 0.25) is 0 Å². The van der Waals surface area contributed by atoms with Crippen LogP contribution in [-0.4, -0.2) is 57.2 Å².